The Bertz CT molecular complexity index is 1480. The van der Waals surface area contributed by atoms with Gasteiger partial charge in [-0.25, -0.2) is 9.37 Å². The second-order valence-corrected chi connectivity index (χ2v) is 9.31. The predicted octanol–water partition coefficient (Wildman–Crippen LogP) is 6.35. The lowest BCUT2D eigenvalue weighted by atomic mass is 9.94. The molecule has 1 aliphatic rings. The highest BCUT2D eigenvalue weighted by Gasteiger charge is 2.45. The third-order valence-corrected chi connectivity index (χ3v) is 7.24. The number of rotatable bonds is 5. The third kappa shape index (κ3) is 3.94. The van der Waals surface area contributed by atoms with Gasteiger partial charge in [0.15, 0.2) is 5.76 Å². The number of aryl methyl sites for hydroxylation is 2. The summed E-state index contributed by atoms with van der Waals surface area (Å²) in [6.45, 7) is 3.58. The number of Topliss-reactive ketones (excluding diaryl/α,β-unsaturated/α-hetero) is 1. The Morgan fingerprint density at radius 2 is 1.63 bits per heavy atom. The number of para-hydroxylation sites is 1. The number of halogens is 1. The second kappa shape index (κ2) is 8.92. The van der Waals surface area contributed by atoms with Gasteiger partial charge in [-0.3, -0.25) is 14.5 Å². The molecule has 35 heavy (non-hydrogen) atoms. The van der Waals surface area contributed by atoms with E-state index in [1.165, 1.54) is 40.5 Å². The lowest BCUT2D eigenvalue weighted by Crippen LogP contribution is -2.31. The highest BCUT2D eigenvalue weighted by atomic mass is 32.1. The third-order valence-electron chi connectivity index (χ3n) is 6.04. The molecule has 3 aromatic carbocycles. The van der Waals surface area contributed by atoms with E-state index in [9.17, 15) is 19.1 Å². The predicted molar refractivity (Wildman–Crippen MR) is 134 cm³/mol. The van der Waals surface area contributed by atoms with Crippen LogP contribution in [0.3, 0.4) is 0 Å². The number of benzene rings is 3. The molecule has 7 heteroatoms. The highest BCUT2D eigenvalue weighted by Crippen LogP contribution is 2.44. The van der Waals surface area contributed by atoms with Gasteiger partial charge in [0.05, 0.1) is 22.2 Å². The van der Waals surface area contributed by atoms with Crippen molar-refractivity contribution in [1.29, 1.82) is 0 Å². The van der Waals surface area contributed by atoms with E-state index in [0.717, 1.165) is 11.1 Å². The zero-order valence-corrected chi connectivity index (χ0v) is 19.8. The molecule has 1 N–H and O–H groups in total. The van der Waals surface area contributed by atoms with Crippen molar-refractivity contribution in [3.05, 3.63) is 118 Å². The summed E-state index contributed by atoms with van der Waals surface area (Å²) in [6, 6.07) is 21.4. The van der Waals surface area contributed by atoms with Gasteiger partial charge in [0.2, 0.25) is 5.78 Å². The number of hydrogen-bond acceptors (Lipinski definition) is 5. The SMILES string of the molecule is Cc1ccccc1N1C(=O)C(O)=C(C(=O)c2sc(-c3ccccc3)nc2C)C1c1ccc(F)cc1. The Hall–Kier alpha value is -4.10. The minimum atomic E-state index is -0.918. The molecular formula is C28H21FN2O3S. The van der Waals surface area contributed by atoms with Crippen LogP contribution in [0.1, 0.15) is 32.5 Å². The van der Waals surface area contributed by atoms with E-state index >= 15 is 0 Å². The van der Waals surface area contributed by atoms with Crippen LogP contribution in [0.15, 0.2) is 90.2 Å². The summed E-state index contributed by atoms with van der Waals surface area (Å²) in [5, 5.41) is 11.7. The molecule has 0 bridgehead atoms. The van der Waals surface area contributed by atoms with Crippen molar-refractivity contribution in [2.24, 2.45) is 0 Å². The summed E-state index contributed by atoms with van der Waals surface area (Å²) in [6.07, 6.45) is 0. The van der Waals surface area contributed by atoms with E-state index in [4.69, 9.17) is 0 Å². The van der Waals surface area contributed by atoms with E-state index in [1.54, 1.807) is 19.1 Å². The van der Waals surface area contributed by atoms with Gasteiger partial charge in [-0.15, -0.1) is 11.3 Å². The molecular weight excluding hydrogens is 463 g/mol. The average molecular weight is 485 g/mol. The Balaban J connectivity index is 1.65. The van der Waals surface area contributed by atoms with Gasteiger partial charge < -0.3 is 5.11 Å². The Morgan fingerprint density at radius 3 is 2.31 bits per heavy atom. The molecule has 4 aromatic rings. The van der Waals surface area contributed by atoms with Crippen LogP contribution in [0.5, 0.6) is 0 Å². The van der Waals surface area contributed by atoms with Gasteiger partial charge >= 0.3 is 0 Å². The van der Waals surface area contributed by atoms with E-state index in [-0.39, 0.29) is 5.57 Å². The summed E-state index contributed by atoms with van der Waals surface area (Å²) in [4.78, 5) is 33.5. The minimum absolute atomic E-state index is 0.0452. The number of ketones is 1. The second-order valence-electron chi connectivity index (χ2n) is 8.31. The van der Waals surface area contributed by atoms with Gasteiger partial charge in [0, 0.05) is 11.3 Å². The van der Waals surface area contributed by atoms with Crippen LogP contribution in [0.2, 0.25) is 0 Å². The van der Waals surface area contributed by atoms with Crippen molar-refractivity contribution in [1.82, 2.24) is 4.98 Å². The number of aromatic nitrogens is 1. The van der Waals surface area contributed by atoms with Crippen molar-refractivity contribution in [3.8, 4) is 10.6 Å². The summed E-state index contributed by atoms with van der Waals surface area (Å²) < 4.78 is 13.7. The van der Waals surface area contributed by atoms with E-state index in [1.807, 2.05) is 49.4 Å². The standard InChI is InChI=1S/C28H21FN2O3S/c1-16-8-6-7-11-21(16)31-23(18-12-14-20(29)15-13-18)22(25(33)28(31)34)24(32)26-17(2)30-27(35-26)19-9-4-3-5-10-19/h3-15,23,33H,1-2H3. The zero-order valence-electron chi connectivity index (χ0n) is 19.0. The summed E-state index contributed by atoms with van der Waals surface area (Å²) in [5.41, 5.74) is 3.22. The monoisotopic (exact) mass is 484 g/mol. The highest BCUT2D eigenvalue weighted by molar-refractivity contribution is 7.17. The zero-order chi connectivity index (χ0) is 24.7. The maximum absolute atomic E-state index is 13.9. The molecule has 1 unspecified atom stereocenters. The van der Waals surface area contributed by atoms with Crippen molar-refractivity contribution in [3.63, 3.8) is 0 Å². The number of amides is 1. The van der Waals surface area contributed by atoms with Crippen LogP contribution in [0.4, 0.5) is 10.1 Å². The van der Waals surface area contributed by atoms with Gasteiger partial charge in [0.25, 0.3) is 5.91 Å². The Labute approximate surface area is 205 Å². The minimum Gasteiger partial charge on any atom is -0.503 e. The molecule has 5 nitrogen and oxygen atoms in total. The van der Waals surface area contributed by atoms with Crippen LogP contribution in [-0.4, -0.2) is 21.8 Å². The summed E-state index contributed by atoms with van der Waals surface area (Å²) >= 11 is 1.21. The van der Waals surface area contributed by atoms with Crippen LogP contribution >= 0.6 is 11.3 Å². The number of carbonyl (C=O) groups excluding carboxylic acids is 2. The topological polar surface area (TPSA) is 70.5 Å². The quantitative estimate of drug-likeness (QED) is 0.335. The average Bonchev–Trinajstić information content (AvgIpc) is 3.38. The number of thiazole rings is 1. The molecule has 0 spiro atoms. The van der Waals surface area contributed by atoms with E-state index in [2.05, 4.69) is 4.98 Å². The number of carbonyl (C=O) groups is 2. The molecule has 1 atom stereocenters. The smallest absolute Gasteiger partial charge is 0.294 e. The number of nitrogens with zero attached hydrogens (tertiary/aromatic N) is 2. The molecule has 0 aliphatic carbocycles. The molecule has 0 saturated heterocycles. The van der Waals surface area contributed by atoms with Gasteiger partial charge in [-0.1, -0.05) is 60.7 Å². The number of aliphatic hydroxyl groups excluding tert-OH is 1. The fraction of sp³-hybridized carbons (Fsp3) is 0.107. The molecule has 0 saturated carbocycles. The lowest BCUT2D eigenvalue weighted by molar-refractivity contribution is -0.117. The van der Waals surface area contributed by atoms with E-state index < -0.39 is 29.3 Å². The Morgan fingerprint density at radius 1 is 0.971 bits per heavy atom. The van der Waals surface area contributed by atoms with E-state index in [0.29, 0.717) is 26.8 Å². The lowest BCUT2D eigenvalue weighted by Gasteiger charge is -2.28. The molecule has 0 radical (unpaired) electrons. The first-order valence-corrected chi connectivity index (χ1v) is 11.8. The molecule has 174 valence electrons. The van der Waals surface area contributed by atoms with Crippen molar-refractivity contribution >= 4 is 28.7 Å². The van der Waals surface area contributed by atoms with Crippen LogP contribution in [0.25, 0.3) is 10.6 Å². The summed E-state index contributed by atoms with van der Waals surface area (Å²) in [5.74, 6) is -2.20. The fourth-order valence-corrected chi connectivity index (χ4v) is 5.34. The molecule has 5 rings (SSSR count). The maximum atomic E-state index is 13.9. The number of aliphatic hydroxyl groups is 1. The number of hydrogen-bond donors (Lipinski definition) is 1. The molecule has 1 aromatic heterocycles. The largest absolute Gasteiger partial charge is 0.503 e. The van der Waals surface area contributed by atoms with Gasteiger partial charge in [0.1, 0.15) is 10.8 Å². The van der Waals surface area contributed by atoms with Gasteiger partial charge in [-0.2, -0.15) is 0 Å². The number of anilines is 1. The maximum Gasteiger partial charge on any atom is 0.294 e. The van der Waals surface area contributed by atoms with Crippen LogP contribution in [0, 0.1) is 19.7 Å². The van der Waals surface area contributed by atoms with Crippen LogP contribution < -0.4 is 4.90 Å². The molecule has 1 aliphatic heterocycles. The normalized spacial score (nSPS) is 15.7. The van der Waals surface area contributed by atoms with Crippen molar-refractivity contribution < 1.29 is 19.1 Å². The first-order valence-electron chi connectivity index (χ1n) is 11.0. The molecule has 2 heterocycles. The molecule has 1 amide bonds. The first-order chi connectivity index (χ1) is 16.9. The molecule has 0 fully saturated rings. The van der Waals surface area contributed by atoms with Gasteiger partial charge in [-0.05, 0) is 43.2 Å². The fourth-order valence-electron chi connectivity index (χ4n) is 4.31. The first kappa shape index (κ1) is 22.7. The van der Waals surface area contributed by atoms with Crippen LogP contribution in [-0.2, 0) is 4.79 Å². The Kier molecular flexibility index (Phi) is 5.78. The van der Waals surface area contributed by atoms with Crippen molar-refractivity contribution in [2.75, 3.05) is 4.90 Å². The summed E-state index contributed by atoms with van der Waals surface area (Å²) in [7, 11) is 0. The van der Waals surface area contributed by atoms with Crippen molar-refractivity contribution in [2.45, 2.75) is 19.9 Å².